The smallest absolute Gasteiger partial charge is 0.217 e. The molecule has 3 rings (SSSR count). The lowest BCUT2D eigenvalue weighted by molar-refractivity contribution is -0.123. The van der Waals surface area contributed by atoms with Crippen LogP contribution in [0.3, 0.4) is 0 Å². The number of unbranched alkanes of at least 4 members (excludes halogenated alkanes) is 17. The van der Waals surface area contributed by atoms with Crippen LogP contribution in [0.15, 0.2) is 0 Å². The van der Waals surface area contributed by atoms with Crippen molar-refractivity contribution in [2.75, 3.05) is 6.61 Å². The molecule has 0 bridgehead atoms. The maximum Gasteiger partial charge on any atom is 0.217 e. The van der Waals surface area contributed by atoms with Crippen molar-refractivity contribution in [1.29, 1.82) is 0 Å². The Morgan fingerprint density at radius 2 is 0.930 bits per heavy atom. The zero-order chi connectivity index (χ0) is 30.4. The summed E-state index contributed by atoms with van der Waals surface area (Å²) in [4.78, 5) is 12.1. The summed E-state index contributed by atoms with van der Waals surface area (Å²) in [6, 6.07) is 0.362. The second kappa shape index (κ2) is 23.7. The molecule has 3 fully saturated rings. The normalized spacial score (nSPS) is 25.6. The van der Waals surface area contributed by atoms with Crippen LogP contribution in [-0.2, 0) is 9.53 Å². The summed E-state index contributed by atoms with van der Waals surface area (Å²) in [5.41, 5.74) is 0. The van der Waals surface area contributed by atoms with E-state index in [9.17, 15) is 4.79 Å². The zero-order valence-corrected chi connectivity index (χ0v) is 29.2. The highest BCUT2D eigenvalue weighted by molar-refractivity contribution is 5.73. The Hall–Kier alpha value is -0.570. The van der Waals surface area contributed by atoms with Crippen molar-refractivity contribution >= 4 is 5.91 Å². The average Bonchev–Trinajstić information content (AvgIpc) is 3.03. The molecule has 43 heavy (non-hydrogen) atoms. The lowest BCUT2D eigenvalue weighted by atomic mass is 9.62. The summed E-state index contributed by atoms with van der Waals surface area (Å²) < 4.78 is 6.98. The van der Waals surface area contributed by atoms with Crippen molar-refractivity contribution in [3.05, 3.63) is 0 Å². The number of hydrogen-bond donors (Lipinski definition) is 1. The third-order valence-corrected chi connectivity index (χ3v) is 11.7. The molecule has 3 nitrogen and oxygen atoms in total. The molecule has 0 radical (unpaired) electrons. The molecule has 3 aliphatic carbocycles. The van der Waals surface area contributed by atoms with Crippen molar-refractivity contribution in [2.24, 2.45) is 23.7 Å². The maximum absolute atomic E-state index is 12.1. The van der Waals surface area contributed by atoms with Crippen molar-refractivity contribution in [1.82, 2.24) is 5.32 Å². The summed E-state index contributed by atoms with van der Waals surface area (Å²) in [7, 11) is 0. The summed E-state index contributed by atoms with van der Waals surface area (Å²) in [5.74, 6) is 3.07. The van der Waals surface area contributed by atoms with E-state index in [2.05, 4.69) is 12.2 Å². The lowest BCUT2D eigenvalue weighted by Crippen LogP contribution is -2.51. The van der Waals surface area contributed by atoms with E-state index in [1.54, 1.807) is 6.92 Å². The molecular formula is C40H75NO2. The van der Waals surface area contributed by atoms with Crippen molar-refractivity contribution < 1.29 is 9.53 Å². The van der Waals surface area contributed by atoms with E-state index in [1.807, 2.05) is 0 Å². The Balaban J connectivity index is 1.28. The number of rotatable bonds is 23. The van der Waals surface area contributed by atoms with Gasteiger partial charge in [-0.2, -0.15) is 0 Å². The molecule has 3 aliphatic rings. The van der Waals surface area contributed by atoms with Gasteiger partial charge in [-0.1, -0.05) is 180 Å². The molecule has 2 unspecified atom stereocenters. The minimum Gasteiger partial charge on any atom is -0.378 e. The van der Waals surface area contributed by atoms with Gasteiger partial charge in [0.2, 0.25) is 5.91 Å². The third kappa shape index (κ3) is 15.5. The monoisotopic (exact) mass is 602 g/mol. The Morgan fingerprint density at radius 1 is 0.558 bits per heavy atom. The molecule has 252 valence electrons. The van der Waals surface area contributed by atoms with Gasteiger partial charge in [-0.3, -0.25) is 4.79 Å². The number of ether oxygens (including phenoxy) is 1. The maximum atomic E-state index is 12.1. The Morgan fingerprint density at radius 3 is 1.30 bits per heavy atom. The van der Waals surface area contributed by atoms with Crippen LogP contribution in [0.25, 0.3) is 0 Å². The first kappa shape index (κ1) is 36.9. The number of nitrogens with one attached hydrogen (secondary N) is 1. The predicted octanol–water partition coefficient (Wildman–Crippen LogP) is 12.1. The highest BCUT2D eigenvalue weighted by atomic mass is 16.5. The van der Waals surface area contributed by atoms with Gasteiger partial charge < -0.3 is 10.1 Å². The van der Waals surface area contributed by atoms with Gasteiger partial charge in [0.15, 0.2) is 0 Å². The topological polar surface area (TPSA) is 38.3 Å². The summed E-state index contributed by atoms with van der Waals surface area (Å²) in [6.07, 6.45) is 42.3. The molecule has 0 heterocycles. The van der Waals surface area contributed by atoms with Gasteiger partial charge in [-0.25, -0.2) is 0 Å². The standard InChI is InChI=1S/C40H75NO2/c1-3-4-5-6-7-8-9-10-11-12-13-14-15-16-17-18-19-26-31-43-40-38(35-27-22-20-23-28-35)32-37(41-34(2)42)33-39(40)36-29-24-21-25-30-36/h35-40H,3-33H2,1-2H3,(H,41,42). The Labute approximate surface area is 269 Å². The zero-order valence-electron chi connectivity index (χ0n) is 29.2. The fourth-order valence-electron chi connectivity index (χ4n) is 9.26. The quantitative estimate of drug-likeness (QED) is 0.118. The van der Waals surface area contributed by atoms with Gasteiger partial charge in [0.25, 0.3) is 0 Å². The van der Waals surface area contributed by atoms with E-state index in [4.69, 9.17) is 4.74 Å². The van der Waals surface area contributed by atoms with E-state index in [-0.39, 0.29) is 5.91 Å². The molecule has 1 N–H and O–H groups in total. The summed E-state index contributed by atoms with van der Waals surface area (Å²) in [6.45, 7) is 4.98. The largest absolute Gasteiger partial charge is 0.378 e. The van der Waals surface area contributed by atoms with Gasteiger partial charge in [0, 0.05) is 19.6 Å². The summed E-state index contributed by atoms with van der Waals surface area (Å²) >= 11 is 0. The van der Waals surface area contributed by atoms with E-state index in [1.165, 1.54) is 180 Å². The second-order valence-electron chi connectivity index (χ2n) is 15.3. The lowest BCUT2D eigenvalue weighted by Gasteiger charge is -2.49. The average molecular weight is 602 g/mol. The highest BCUT2D eigenvalue weighted by Crippen LogP contribution is 2.47. The first-order chi connectivity index (χ1) is 21.2. The van der Waals surface area contributed by atoms with Gasteiger partial charge in [0.05, 0.1) is 6.10 Å². The van der Waals surface area contributed by atoms with E-state index >= 15 is 0 Å². The molecule has 2 atom stereocenters. The van der Waals surface area contributed by atoms with E-state index in [0.717, 1.165) is 31.3 Å². The van der Waals surface area contributed by atoms with Gasteiger partial charge in [0.1, 0.15) is 0 Å². The molecular weight excluding hydrogens is 526 g/mol. The summed E-state index contributed by atoms with van der Waals surface area (Å²) in [5, 5.41) is 3.37. The molecule has 0 aromatic carbocycles. The van der Waals surface area contributed by atoms with Crippen LogP contribution in [0.4, 0.5) is 0 Å². The third-order valence-electron chi connectivity index (χ3n) is 11.7. The van der Waals surface area contributed by atoms with Crippen LogP contribution in [0.5, 0.6) is 0 Å². The molecule has 0 aliphatic heterocycles. The van der Waals surface area contributed by atoms with E-state index in [0.29, 0.717) is 24.0 Å². The van der Waals surface area contributed by atoms with Crippen molar-refractivity contribution in [2.45, 2.75) is 219 Å². The van der Waals surface area contributed by atoms with Crippen molar-refractivity contribution in [3.8, 4) is 0 Å². The molecule has 3 heteroatoms. The van der Waals surface area contributed by atoms with Gasteiger partial charge in [-0.15, -0.1) is 0 Å². The van der Waals surface area contributed by atoms with E-state index < -0.39 is 0 Å². The van der Waals surface area contributed by atoms with Crippen LogP contribution >= 0.6 is 0 Å². The van der Waals surface area contributed by atoms with Crippen molar-refractivity contribution in [3.63, 3.8) is 0 Å². The van der Waals surface area contributed by atoms with Crippen LogP contribution < -0.4 is 5.32 Å². The minimum absolute atomic E-state index is 0.160. The molecule has 0 saturated heterocycles. The minimum atomic E-state index is 0.160. The molecule has 0 aromatic rings. The number of amides is 1. The van der Waals surface area contributed by atoms with Crippen LogP contribution in [0, 0.1) is 23.7 Å². The Bertz CT molecular complexity index is 639. The van der Waals surface area contributed by atoms with Crippen LogP contribution in [0.1, 0.15) is 206 Å². The number of carbonyl (C=O) groups excluding carboxylic acids is 1. The van der Waals surface area contributed by atoms with Gasteiger partial charge >= 0.3 is 0 Å². The molecule has 0 spiro atoms. The SMILES string of the molecule is CCCCCCCCCCCCCCCCCCCCOC1C(C2CCCCC2)CC(NC(C)=O)CC1C1CCCCC1. The van der Waals surface area contributed by atoms with Gasteiger partial charge in [-0.05, 0) is 42.9 Å². The fourth-order valence-corrected chi connectivity index (χ4v) is 9.26. The highest BCUT2D eigenvalue weighted by Gasteiger charge is 2.45. The Kier molecular flexibility index (Phi) is 20.4. The van der Waals surface area contributed by atoms with Crippen LogP contribution in [-0.4, -0.2) is 24.7 Å². The molecule has 1 amide bonds. The fraction of sp³-hybridized carbons (Fsp3) is 0.975. The molecule has 0 aromatic heterocycles. The number of carbonyl (C=O) groups is 1. The second-order valence-corrected chi connectivity index (χ2v) is 15.3. The molecule has 3 saturated carbocycles. The first-order valence-corrected chi connectivity index (χ1v) is 20.1. The number of hydrogen-bond acceptors (Lipinski definition) is 2. The van der Waals surface area contributed by atoms with Crippen LogP contribution in [0.2, 0.25) is 0 Å². The first-order valence-electron chi connectivity index (χ1n) is 20.1. The predicted molar refractivity (Wildman–Crippen MR) is 185 cm³/mol.